The lowest BCUT2D eigenvalue weighted by atomic mass is 10.2. The molecule has 0 aliphatic carbocycles. The summed E-state index contributed by atoms with van der Waals surface area (Å²) >= 11 is 2.24. The molecule has 2 aromatic heterocycles. The molecule has 3 rings (SSSR count). The van der Waals surface area contributed by atoms with Gasteiger partial charge in [-0.25, -0.2) is 4.98 Å². The summed E-state index contributed by atoms with van der Waals surface area (Å²) < 4.78 is 6.29. The molecule has 0 N–H and O–H groups in total. The Morgan fingerprint density at radius 1 is 1.10 bits per heavy atom. The minimum Gasteiger partial charge on any atom is -0.444 e. The lowest BCUT2D eigenvalue weighted by molar-refractivity contribution is 0.572. The summed E-state index contributed by atoms with van der Waals surface area (Å²) in [5.41, 5.74) is 2.90. The zero-order chi connectivity index (χ0) is 14.5. The van der Waals surface area contributed by atoms with Gasteiger partial charge < -0.3 is 4.42 Å². The van der Waals surface area contributed by atoms with Crippen molar-refractivity contribution in [1.29, 1.82) is 0 Å². The number of hydrogen-bond acceptors (Lipinski definition) is 5. The summed E-state index contributed by atoms with van der Waals surface area (Å²) in [6.45, 7) is 0.544. The molecule has 5 nitrogen and oxygen atoms in total. The van der Waals surface area contributed by atoms with Gasteiger partial charge in [0.25, 0.3) is 0 Å². The van der Waals surface area contributed by atoms with Gasteiger partial charge in [0, 0.05) is 21.5 Å². The number of aromatic nitrogens is 2. The number of halogens is 1. The van der Waals surface area contributed by atoms with Crippen molar-refractivity contribution in [2.75, 3.05) is 0 Å². The Morgan fingerprint density at radius 2 is 1.95 bits per heavy atom. The fourth-order valence-corrected chi connectivity index (χ4v) is 2.40. The average Bonchev–Trinajstić information content (AvgIpc) is 3.04. The third-order valence-corrected chi connectivity index (χ3v) is 3.71. The Bertz CT molecular complexity index is 742. The summed E-state index contributed by atoms with van der Waals surface area (Å²) in [5, 5.41) is 8.50. The molecule has 0 saturated carbocycles. The van der Waals surface area contributed by atoms with Gasteiger partial charge in [-0.3, -0.25) is 4.98 Å². The van der Waals surface area contributed by atoms with E-state index in [2.05, 4.69) is 42.8 Å². The van der Waals surface area contributed by atoms with E-state index in [4.69, 9.17) is 4.42 Å². The first-order valence-corrected chi connectivity index (χ1v) is 7.35. The van der Waals surface area contributed by atoms with E-state index < -0.39 is 0 Å². The molecule has 0 aliphatic heterocycles. The standard InChI is InChI=1S/C15H11IN4O/c16-13-7-12(15-9-18-10-21-15)1-2-14(13)20-19-8-11-3-5-17-6-4-11/h1-7,9-10H,8H2. The number of nitrogens with zero attached hydrogens (tertiary/aromatic N) is 4. The number of azo groups is 1. The van der Waals surface area contributed by atoms with Crippen molar-refractivity contribution in [3.05, 3.63) is 64.4 Å². The Morgan fingerprint density at radius 3 is 2.67 bits per heavy atom. The Balaban J connectivity index is 1.74. The molecule has 104 valence electrons. The molecule has 0 amide bonds. The molecular weight excluding hydrogens is 379 g/mol. The molecule has 0 bridgehead atoms. The van der Waals surface area contributed by atoms with E-state index in [1.165, 1.54) is 6.39 Å². The number of benzene rings is 1. The van der Waals surface area contributed by atoms with Crippen LogP contribution in [0.15, 0.2) is 70.0 Å². The van der Waals surface area contributed by atoms with Crippen LogP contribution in [0.5, 0.6) is 0 Å². The zero-order valence-corrected chi connectivity index (χ0v) is 13.1. The first kappa shape index (κ1) is 13.9. The van der Waals surface area contributed by atoms with Gasteiger partial charge in [-0.05, 0) is 58.5 Å². The molecule has 3 aromatic rings. The van der Waals surface area contributed by atoms with Crippen molar-refractivity contribution in [2.45, 2.75) is 6.54 Å². The summed E-state index contributed by atoms with van der Waals surface area (Å²) in [5.74, 6) is 0.744. The van der Waals surface area contributed by atoms with Crippen molar-refractivity contribution < 1.29 is 4.42 Å². The number of oxazole rings is 1. The maximum Gasteiger partial charge on any atom is 0.181 e. The third kappa shape index (κ3) is 3.52. The summed E-state index contributed by atoms with van der Waals surface area (Å²) in [7, 11) is 0. The van der Waals surface area contributed by atoms with E-state index in [1.54, 1.807) is 18.6 Å². The van der Waals surface area contributed by atoms with Crippen LogP contribution in [-0.4, -0.2) is 9.97 Å². The molecule has 0 unspecified atom stereocenters. The largest absolute Gasteiger partial charge is 0.444 e. The lowest BCUT2D eigenvalue weighted by Crippen LogP contribution is -1.81. The molecule has 0 atom stereocenters. The average molecular weight is 390 g/mol. The van der Waals surface area contributed by atoms with Crippen LogP contribution in [0.1, 0.15) is 5.56 Å². The van der Waals surface area contributed by atoms with Crippen LogP contribution < -0.4 is 0 Å². The minimum absolute atomic E-state index is 0.544. The molecule has 0 saturated heterocycles. The number of pyridine rings is 1. The van der Waals surface area contributed by atoms with Crippen molar-refractivity contribution >= 4 is 28.3 Å². The molecule has 0 spiro atoms. The highest BCUT2D eigenvalue weighted by molar-refractivity contribution is 14.1. The monoisotopic (exact) mass is 390 g/mol. The maximum atomic E-state index is 5.28. The molecular formula is C15H11IN4O. The second kappa shape index (κ2) is 6.57. The molecule has 21 heavy (non-hydrogen) atoms. The fraction of sp³-hybridized carbons (Fsp3) is 0.0667. The first-order valence-electron chi connectivity index (χ1n) is 6.28. The predicted molar refractivity (Wildman–Crippen MR) is 87.1 cm³/mol. The normalized spacial score (nSPS) is 11.1. The van der Waals surface area contributed by atoms with Crippen LogP contribution in [0, 0.1) is 3.57 Å². The quantitative estimate of drug-likeness (QED) is 0.482. The van der Waals surface area contributed by atoms with Crippen molar-refractivity contribution in [2.24, 2.45) is 10.2 Å². The van der Waals surface area contributed by atoms with E-state index in [0.29, 0.717) is 6.54 Å². The van der Waals surface area contributed by atoms with Crippen LogP contribution >= 0.6 is 22.6 Å². The highest BCUT2D eigenvalue weighted by Crippen LogP contribution is 2.28. The van der Waals surface area contributed by atoms with E-state index in [0.717, 1.165) is 26.1 Å². The molecule has 0 radical (unpaired) electrons. The SMILES string of the molecule is Ic1cc(-c2cnco2)ccc1N=NCc1ccncc1. The van der Waals surface area contributed by atoms with Gasteiger partial charge in [-0.1, -0.05) is 0 Å². The summed E-state index contributed by atoms with van der Waals surface area (Å²) in [4.78, 5) is 7.89. The number of hydrogen-bond donors (Lipinski definition) is 0. The molecule has 0 aliphatic rings. The fourth-order valence-electron chi connectivity index (χ4n) is 1.78. The van der Waals surface area contributed by atoms with Crippen molar-refractivity contribution in [3.63, 3.8) is 0 Å². The number of rotatable bonds is 4. The van der Waals surface area contributed by atoms with E-state index in [9.17, 15) is 0 Å². The minimum atomic E-state index is 0.544. The third-order valence-electron chi connectivity index (χ3n) is 2.85. The highest BCUT2D eigenvalue weighted by atomic mass is 127. The Kier molecular flexibility index (Phi) is 4.34. The second-order valence-electron chi connectivity index (χ2n) is 4.29. The van der Waals surface area contributed by atoms with Crippen LogP contribution in [0.3, 0.4) is 0 Å². The van der Waals surface area contributed by atoms with Gasteiger partial charge in [0.15, 0.2) is 12.2 Å². The van der Waals surface area contributed by atoms with Gasteiger partial charge in [-0.15, -0.1) is 0 Å². The smallest absolute Gasteiger partial charge is 0.181 e. The summed E-state index contributed by atoms with van der Waals surface area (Å²) in [6, 6.07) is 9.73. The first-order chi connectivity index (χ1) is 10.3. The molecule has 0 fully saturated rings. The van der Waals surface area contributed by atoms with Crippen LogP contribution in [-0.2, 0) is 6.54 Å². The summed E-state index contributed by atoms with van der Waals surface area (Å²) in [6.07, 6.45) is 6.61. The van der Waals surface area contributed by atoms with Gasteiger partial charge in [0.05, 0.1) is 18.4 Å². The van der Waals surface area contributed by atoms with E-state index in [-0.39, 0.29) is 0 Å². The lowest BCUT2D eigenvalue weighted by Gasteiger charge is -2.01. The molecule has 1 aromatic carbocycles. The molecule has 6 heteroatoms. The van der Waals surface area contributed by atoms with Crippen molar-refractivity contribution in [1.82, 2.24) is 9.97 Å². The van der Waals surface area contributed by atoms with E-state index in [1.807, 2.05) is 30.3 Å². The van der Waals surface area contributed by atoms with Crippen LogP contribution in [0.25, 0.3) is 11.3 Å². The van der Waals surface area contributed by atoms with E-state index >= 15 is 0 Å². The van der Waals surface area contributed by atoms with Gasteiger partial charge in [0.1, 0.15) is 0 Å². The second-order valence-corrected chi connectivity index (χ2v) is 5.45. The van der Waals surface area contributed by atoms with Crippen LogP contribution in [0.2, 0.25) is 0 Å². The predicted octanol–water partition coefficient (Wildman–Crippen LogP) is 4.63. The molecule has 2 heterocycles. The Labute approximate surface area is 135 Å². The van der Waals surface area contributed by atoms with Gasteiger partial charge in [0.2, 0.25) is 0 Å². The van der Waals surface area contributed by atoms with Gasteiger partial charge in [-0.2, -0.15) is 10.2 Å². The highest BCUT2D eigenvalue weighted by Gasteiger charge is 2.05. The van der Waals surface area contributed by atoms with Gasteiger partial charge >= 0.3 is 0 Å². The van der Waals surface area contributed by atoms with Crippen molar-refractivity contribution in [3.8, 4) is 11.3 Å². The topological polar surface area (TPSA) is 63.6 Å². The van der Waals surface area contributed by atoms with Crippen LogP contribution in [0.4, 0.5) is 5.69 Å². The maximum absolute atomic E-state index is 5.28. The zero-order valence-electron chi connectivity index (χ0n) is 11.0. The Hall–Kier alpha value is -2.09.